The number of rotatable bonds is 5. The van der Waals surface area contributed by atoms with Crippen molar-refractivity contribution in [2.75, 3.05) is 6.61 Å². The molecule has 0 aliphatic heterocycles. The summed E-state index contributed by atoms with van der Waals surface area (Å²) in [5, 5.41) is 4.87. The SMILES string of the molecule is Cc1cc(C(=O)OCC(=O)OC(C)C)c2cnn(C(C)C)c2n1. The summed E-state index contributed by atoms with van der Waals surface area (Å²) in [5.41, 5.74) is 1.64. The van der Waals surface area contributed by atoms with Gasteiger partial charge in [-0.1, -0.05) is 0 Å². The Morgan fingerprint density at radius 3 is 2.57 bits per heavy atom. The van der Waals surface area contributed by atoms with E-state index in [9.17, 15) is 9.59 Å². The van der Waals surface area contributed by atoms with Gasteiger partial charge in [0.15, 0.2) is 12.3 Å². The molecule has 0 aliphatic carbocycles. The maximum atomic E-state index is 12.3. The lowest BCUT2D eigenvalue weighted by Crippen LogP contribution is -2.19. The number of carbonyl (C=O) groups excluding carboxylic acids is 2. The highest BCUT2D eigenvalue weighted by molar-refractivity contribution is 6.03. The molecule has 0 spiro atoms. The number of nitrogens with zero attached hydrogens (tertiary/aromatic N) is 3. The van der Waals surface area contributed by atoms with Gasteiger partial charge in [-0.05, 0) is 40.7 Å². The van der Waals surface area contributed by atoms with Crippen molar-refractivity contribution >= 4 is 23.0 Å². The lowest BCUT2D eigenvalue weighted by molar-refractivity contribution is -0.150. The molecule has 7 heteroatoms. The Bertz CT molecular complexity index is 734. The van der Waals surface area contributed by atoms with E-state index < -0.39 is 18.5 Å². The van der Waals surface area contributed by atoms with Gasteiger partial charge in [0.1, 0.15) is 0 Å². The van der Waals surface area contributed by atoms with Crippen LogP contribution in [0, 0.1) is 6.92 Å². The van der Waals surface area contributed by atoms with Gasteiger partial charge in [0.25, 0.3) is 0 Å². The third-order valence-corrected chi connectivity index (χ3v) is 3.09. The van der Waals surface area contributed by atoms with Gasteiger partial charge in [-0.3, -0.25) is 0 Å². The molecule has 0 bridgehead atoms. The van der Waals surface area contributed by atoms with E-state index in [1.54, 1.807) is 37.7 Å². The Kier molecular flexibility index (Phi) is 4.98. The molecular weight excluding hydrogens is 298 g/mol. The van der Waals surface area contributed by atoms with Crippen molar-refractivity contribution in [1.29, 1.82) is 0 Å². The molecule has 0 aromatic carbocycles. The first-order valence-corrected chi connectivity index (χ1v) is 7.51. The van der Waals surface area contributed by atoms with Crippen LogP contribution in [0.25, 0.3) is 11.0 Å². The van der Waals surface area contributed by atoms with Crippen molar-refractivity contribution in [3.8, 4) is 0 Å². The van der Waals surface area contributed by atoms with Gasteiger partial charge in [0.05, 0.1) is 23.3 Å². The van der Waals surface area contributed by atoms with E-state index in [2.05, 4.69) is 10.1 Å². The van der Waals surface area contributed by atoms with E-state index in [1.807, 2.05) is 13.8 Å². The third kappa shape index (κ3) is 3.85. The number of fused-ring (bicyclic) bond motifs is 1. The summed E-state index contributed by atoms with van der Waals surface area (Å²) >= 11 is 0. The Morgan fingerprint density at radius 1 is 1.26 bits per heavy atom. The zero-order chi connectivity index (χ0) is 17.1. The van der Waals surface area contributed by atoms with Gasteiger partial charge in [-0.25, -0.2) is 19.3 Å². The molecule has 0 amide bonds. The molecule has 0 saturated heterocycles. The summed E-state index contributed by atoms with van der Waals surface area (Å²) in [6.07, 6.45) is 1.34. The highest BCUT2D eigenvalue weighted by atomic mass is 16.6. The molecule has 0 unspecified atom stereocenters. The normalized spacial score (nSPS) is 11.3. The zero-order valence-electron chi connectivity index (χ0n) is 14.0. The molecule has 124 valence electrons. The van der Waals surface area contributed by atoms with E-state index in [0.29, 0.717) is 22.3 Å². The molecule has 0 aliphatic rings. The van der Waals surface area contributed by atoms with E-state index >= 15 is 0 Å². The number of aryl methyl sites for hydroxylation is 1. The number of hydrogen-bond donors (Lipinski definition) is 0. The summed E-state index contributed by atoms with van der Waals surface area (Å²) in [6.45, 7) is 8.80. The molecule has 0 radical (unpaired) electrons. The number of pyridine rings is 1. The van der Waals surface area contributed by atoms with Crippen molar-refractivity contribution in [3.05, 3.63) is 23.5 Å². The lowest BCUT2D eigenvalue weighted by Gasteiger charge is -2.10. The van der Waals surface area contributed by atoms with Crippen LogP contribution in [0.4, 0.5) is 0 Å². The van der Waals surface area contributed by atoms with Crippen LogP contribution >= 0.6 is 0 Å². The van der Waals surface area contributed by atoms with Crippen molar-refractivity contribution < 1.29 is 19.1 Å². The number of aromatic nitrogens is 3. The van der Waals surface area contributed by atoms with Crippen molar-refractivity contribution in [3.63, 3.8) is 0 Å². The van der Waals surface area contributed by atoms with Crippen LogP contribution in [-0.2, 0) is 14.3 Å². The topological polar surface area (TPSA) is 83.3 Å². The van der Waals surface area contributed by atoms with Gasteiger partial charge in [-0.15, -0.1) is 0 Å². The molecule has 0 fully saturated rings. The minimum absolute atomic E-state index is 0.117. The van der Waals surface area contributed by atoms with E-state index in [0.717, 1.165) is 0 Å². The second-order valence-corrected chi connectivity index (χ2v) is 5.85. The molecule has 23 heavy (non-hydrogen) atoms. The highest BCUT2D eigenvalue weighted by Crippen LogP contribution is 2.21. The van der Waals surface area contributed by atoms with Gasteiger partial charge in [-0.2, -0.15) is 5.10 Å². The molecule has 2 aromatic heterocycles. The Balaban J connectivity index is 2.25. The van der Waals surface area contributed by atoms with Gasteiger partial charge in [0.2, 0.25) is 0 Å². The van der Waals surface area contributed by atoms with Crippen molar-refractivity contribution in [2.24, 2.45) is 0 Å². The summed E-state index contributed by atoms with van der Waals surface area (Å²) in [5.74, 6) is -1.17. The van der Waals surface area contributed by atoms with Crippen LogP contribution < -0.4 is 0 Å². The third-order valence-electron chi connectivity index (χ3n) is 3.09. The Labute approximate surface area is 134 Å². The van der Waals surface area contributed by atoms with E-state index in [4.69, 9.17) is 9.47 Å². The second kappa shape index (κ2) is 6.76. The predicted molar refractivity (Wildman–Crippen MR) is 84.2 cm³/mol. The van der Waals surface area contributed by atoms with Crippen LogP contribution in [0.15, 0.2) is 12.3 Å². The van der Waals surface area contributed by atoms with Crippen molar-refractivity contribution in [1.82, 2.24) is 14.8 Å². The van der Waals surface area contributed by atoms with Crippen LogP contribution in [0.3, 0.4) is 0 Å². The maximum Gasteiger partial charge on any atom is 0.344 e. The zero-order valence-corrected chi connectivity index (χ0v) is 14.0. The van der Waals surface area contributed by atoms with Gasteiger partial charge < -0.3 is 9.47 Å². The average molecular weight is 319 g/mol. The summed E-state index contributed by atoms with van der Waals surface area (Å²) < 4.78 is 11.7. The van der Waals surface area contributed by atoms with Crippen LogP contribution in [0.5, 0.6) is 0 Å². The first kappa shape index (κ1) is 16.9. The molecule has 0 N–H and O–H groups in total. The summed E-state index contributed by atoms with van der Waals surface area (Å²) in [4.78, 5) is 28.2. The summed E-state index contributed by atoms with van der Waals surface area (Å²) in [6, 6.07) is 1.75. The fourth-order valence-electron chi connectivity index (χ4n) is 2.19. The predicted octanol–water partition coefficient (Wildman–Crippen LogP) is 2.43. The quantitative estimate of drug-likeness (QED) is 0.787. The van der Waals surface area contributed by atoms with Crippen LogP contribution in [-0.4, -0.2) is 39.4 Å². The smallest absolute Gasteiger partial charge is 0.344 e. The molecule has 7 nitrogen and oxygen atoms in total. The number of hydrogen-bond acceptors (Lipinski definition) is 6. The largest absolute Gasteiger partial charge is 0.460 e. The fourth-order valence-corrected chi connectivity index (χ4v) is 2.19. The molecule has 0 saturated carbocycles. The molecule has 2 aromatic rings. The molecule has 0 atom stereocenters. The Morgan fingerprint density at radius 2 is 1.96 bits per heavy atom. The Hall–Kier alpha value is -2.44. The number of ether oxygens (including phenoxy) is 2. The minimum atomic E-state index is -0.593. The highest BCUT2D eigenvalue weighted by Gasteiger charge is 2.19. The standard InChI is InChI=1S/C16H21N3O4/c1-9(2)19-15-13(7-17-19)12(6-11(5)18-15)16(21)22-8-14(20)23-10(3)4/h6-7,9-10H,8H2,1-5H3. The second-order valence-electron chi connectivity index (χ2n) is 5.85. The molecule has 2 rings (SSSR count). The molecular formula is C16H21N3O4. The van der Waals surface area contributed by atoms with E-state index in [1.165, 1.54) is 0 Å². The van der Waals surface area contributed by atoms with Gasteiger partial charge in [0, 0.05) is 11.7 Å². The molecule has 2 heterocycles. The van der Waals surface area contributed by atoms with Gasteiger partial charge >= 0.3 is 11.9 Å². The number of esters is 2. The summed E-state index contributed by atoms with van der Waals surface area (Å²) in [7, 11) is 0. The maximum absolute atomic E-state index is 12.3. The number of carbonyl (C=O) groups is 2. The van der Waals surface area contributed by atoms with Crippen LogP contribution in [0.1, 0.15) is 49.8 Å². The van der Waals surface area contributed by atoms with Crippen LogP contribution in [0.2, 0.25) is 0 Å². The van der Waals surface area contributed by atoms with Crippen molar-refractivity contribution in [2.45, 2.75) is 46.8 Å². The first-order chi connectivity index (χ1) is 10.8. The average Bonchev–Trinajstić information content (AvgIpc) is 2.86. The fraction of sp³-hybridized carbons (Fsp3) is 0.500. The minimum Gasteiger partial charge on any atom is -0.460 e. The van der Waals surface area contributed by atoms with E-state index in [-0.39, 0.29) is 12.1 Å². The first-order valence-electron chi connectivity index (χ1n) is 7.51. The monoisotopic (exact) mass is 319 g/mol. The lowest BCUT2D eigenvalue weighted by atomic mass is 10.1.